The fraction of sp³-hybridized carbons (Fsp3) is 0.214. The summed E-state index contributed by atoms with van der Waals surface area (Å²) in [6, 6.07) is 10.0. The number of hydrogen-bond donors (Lipinski definition) is 1. The van der Waals surface area contributed by atoms with Crippen LogP contribution in [0, 0.1) is 4.77 Å². The molecule has 0 fully saturated rings. The monoisotopic (exact) mass is 302 g/mol. The molecule has 0 aliphatic carbocycles. The Bertz CT molecular complexity index is 754. The van der Waals surface area contributed by atoms with Gasteiger partial charge >= 0.3 is 0 Å². The number of aromatic nitrogens is 4. The minimum absolute atomic E-state index is 0.344. The van der Waals surface area contributed by atoms with Crippen molar-refractivity contribution in [1.29, 1.82) is 0 Å². The van der Waals surface area contributed by atoms with Gasteiger partial charge in [-0.3, -0.25) is 9.67 Å². The quantitative estimate of drug-likeness (QED) is 0.748. The van der Waals surface area contributed by atoms with Gasteiger partial charge in [0.05, 0.1) is 5.54 Å². The molecule has 0 saturated heterocycles. The molecule has 0 bridgehead atoms. The van der Waals surface area contributed by atoms with E-state index in [0.717, 1.165) is 16.4 Å². The standard InChI is InChI=1S/C14H14N4S2/c1-14(2,12-15-8-9-20-12)18-11(16-17-13(18)19)10-6-4-3-5-7-10/h3-9H,1-2H3,(H,17,19). The summed E-state index contributed by atoms with van der Waals surface area (Å²) >= 11 is 7.04. The second-order valence-electron chi connectivity index (χ2n) is 4.95. The van der Waals surface area contributed by atoms with E-state index in [1.165, 1.54) is 0 Å². The lowest BCUT2D eigenvalue weighted by Crippen LogP contribution is -2.28. The zero-order valence-corrected chi connectivity index (χ0v) is 12.8. The fourth-order valence-electron chi connectivity index (χ4n) is 2.22. The summed E-state index contributed by atoms with van der Waals surface area (Å²) in [6.45, 7) is 4.20. The molecule has 0 saturated carbocycles. The third-order valence-electron chi connectivity index (χ3n) is 3.22. The number of rotatable bonds is 3. The third kappa shape index (κ3) is 2.10. The SMILES string of the molecule is CC(C)(c1nccs1)n1c(-c2ccccc2)n[nH]c1=S. The minimum Gasteiger partial charge on any atom is -0.288 e. The second kappa shape index (κ2) is 4.96. The Hall–Kier alpha value is -1.79. The van der Waals surface area contributed by atoms with Gasteiger partial charge in [-0.15, -0.1) is 11.3 Å². The van der Waals surface area contributed by atoms with Crippen molar-refractivity contribution in [2.45, 2.75) is 19.4 Å². The third-order valence-corrected chi connectivity index (χ3v) is 4.58. The normalized spacial score (nSPS) is 11.7. The molecule has 0 spiro atoms. The molecule has 1 N–H and O–H groups in total. The summed E-state index contributed by atoms with van der Waals surface area (Å²) in [4.78, 5) is 4.43. The summed E-state index contributed by atoms with van der Waals surface area (Å²) in [7, 11) is 0. The van der Waals surface area contributed by atoms with Gasteiger partial charge in [-0.25, -0.2) is 4.98 Å². The molecule has 0 amide bonds. The highest BCUT2D eigenvalue weighted by Crippen LogP contribution is 2.31. The molecule has 20 heavy (non-hydrogen) atoms. The van der Waals surface area contributed by atoms with Crippen LogP contribution < -0.4 is 0 Å². The molecule has 0 unspecified atom stereocenters. The van der Waals surface area contributed by atoms with Crippen LogP contribution in [-0.4, -0.2) is 19.7 Å². The van der Waals surface area contributed by atoms with Crippen LogP contribution in [0.5, 0.6) is 0 Å². The molecule has 0 radical (unpaired) electrons. The molecule has 6 heteroatoms. The lowest BCUT2D eigenvalue weighted by atomic mass is 10.1. The van der Waals surface area contributed by atoms with Crippen LogP contribution in [0.3, 0.4) is 0 Å². The molecule has 0 aliphatic rings. The van der Waals surface area contributed by atoms with Gasteiger partial charge in [0.25, 0.3) is 0 Å². The fourth-order valence-corrected chi connectivity index (χ4v) is 3.33. The summed E-state index contributed by atoms with van der Waals surface area (Å²) in [5.41, 5.74) is 0.688. The first-order valence-corrected chi connectivity index (χ1v) is 7.53. The van der Waals surface area contributed by atoms with E-state index in [2.05, 4.69) is 29.0 Å². The smallest absolute Gasteiger partial charge is 0.196 e. The topological polar surface area (TPSA) is 46.5 Å². The Morgan fingerprint density at radius 3 is 2.65 bits per heavy atom. The second-order valence-corrected chi connectivity index (χ2v) is 6.23. The van der Waals surface area contributed by atoms with Crippen molar-refractivity contribution >= 4 is 23.6 Å². The first-order valence-electron chi connectivity index (χ1n) is 6.24. The number of aromatic amines is 1. The largest absolute Gasteiger partial charge is 0.288 e. The van der Waals surface area contributed by atoms with E-state index < -0.39 is 0 Å². The van der Waals surface area contributed by atoms with E-state index >= 15 is 0 Å². The highest BCUT2D eigenvalue weighted by Gasteiger charge is 2.29. The van der Waals surface area contributed by atoms with Gasteiger partial charge in [-0.1, -0.05) is 30.3 Å². The number of H-pyrrole nitrogens is 1. The zero-order valence-electron chi connectivity index (χ0n) is 11.2. The van der Waals surface area contributed by atoms with Gasteiger partial charge in [0.2, 0.25) is 0 Å². The van der Waals surface area contributed by atoms with Crippen molar-refractivity contribution in [3.05, 3.63) is 51.7 Å². The Balaban J connectivity index is 2.21. The average molecular weight is 302 g/mol. The van der Waals surface area contributed by atoms with Crippen molar-refractivity contribution in [3.63, 3.8) is 0 Å². The number of benzene rings is 1. The van der Waals surface area contributed by atoms with Crippen LogP contribution in [0.2, 0.25) is 0 Å². The molecular formula is C14H14N4S2. The van der Waals surface area contributed by atoms with E-state index in [1.807, 2.05) is 46.5 Å². The predicted molar refractivity (Wildman–Crippen MR) is 83.4 cm³/mol. The van der Waals surface area contributed by atoms with Crippen molar-refractivity contribution in [2.24, 2.45) is 0 Å². The molecule has 2 aromatic heterocycles. The first-order chi connectivity index (χ1) is 9.60. The lowest BCUT2D eigenvalue weighted by molar-refractivity contribution is 0.432. The highest BCUT2D eigenvalue weighted by atomic mass is 32.1. The Morgan fingerprint density at radius 2 is 2.00 bits per heavy atom. The van der Waals surface area contributed by atoms with Crippen molar-refractivity contribution < 1.29 is 0 Å². The van der Waals surface area contributed by atoms with Gasteiger partial charge in [-0.2, -0.15) is 5.10 Å². The Morgan fingerprint density at radius 1 is 1.25 bits per heavy atom. The number of nitrogens with zero attached hydrogens (tertiary/aromatic N) is 3. The molecule has 1 aromatic carbocycles. The van der Waals surface area contributed by atoms with Crippen LogP contribution in [0.25, 0.3) is 11.4 Å². The van der Waals surface area contributed by atoms with E-state index in [4.69, 9.17) is 12.2 Å². The minimum atomic E-state index is -0.344. The van der Waals surface area contributed by atoms with Gasteiger partial charge in [0.1, 0.15) is 5.01 Å². The van der Waals surface area contributed by atoms with Crippen LogP contribution >= 0.6 is 23.6 Å². The summed E-state index contributed by atoms with van der Waals surface area (Å²) in [5.74, 6) is 0.829. The van der Waals surface area contributed by atoms with Crippen molar-refractivity contribution in [1.82, 2.24) is 19.7 Å². The Labute approximate surface area is 126 Å². The predicted octanol–water partition coefficient (Wildman–Crippen LogP) is 3.85. The van der Waals surface area contributed by atoms with Crippen LogP contribution in [0.1, 0.15) is 18.9 Å². The average Bonchev–Trinajstić information content (AvgIpc) is 3.09. The summed E-state index contributed by atoms with van der Waals surface area (Å²) in [5, 5.41) is 10.3. The summed E-state index contributed by atoms with van der Waals surface area (Å²) < 4.78 is 2.63. The molecule has 4 nitrogen and oxygen atoms in total. The van der Waals surface area contributed by atoms with Gasteiger partial charge in [0.15, 0.2) is 10.6 Å². The van der Waals surface area contributed by atoms with E-state index in [0.29, 0.717) is 4.77 Å². The molecule has 2 heterocycles. The molecule has 3 rings (SSSR count). The molecule has 0 atom stereocenters. The van der Waals surface area contributed by atoms with E-state index in [9.17, 15) is 0 Å². The number of hydrogen-bond acceptors (Lipinski definition) is 4. The number of nitrogens with one attached hydrogen (secondary N) is 1. The van der Waals surface area contributed by atoms with E-state index in [-0.39, 0.29) is 5.54 Å². The van der Waals surface area contributed by atoms with Gasteiger partial charge in [-0.05, 0) is 26.1 Å². The maximum Gasteiger partial charge on any atom is 0.196 e. The van der Waals surface area contributed by atoms with E-state index in [1.54, 1.807) is 11.3 Å². The molecule has 3 aromatic rings. The molecule has 102 valence electrons. The lowest BCUT2D eigenvalue weighted by Gasteiger charge is -2.25. The maximum absolute atomic E-state index is 5.42. The zero-order chi connectivity index (χ0) is 14.2. The van der Waals surface area contributed by atoms with Gasteiger partial charge < -0.3 is 0 Å². The van der Waals surface area contributed by atoms with Crippen LogP contribution in [-0.2, 0) is 5.54 Å². The maximum atomic E-state index is 5.42. The number of thiazole rings is 1. The highest BCUT2D eigenvalue weighted by molar-refractivity contribution is 7.71. The van der Waals surface area contributed by atoms with Crippen LogP contribution in [0.4, 0.5) is 0 Å². The summed E-state index contributed by atoms with van der Waals surface area (Å²) in [6.07, 6.45) is 1.81. The Kier molecular flexibility index (Phi) is 3.27. The van der Waals surface area contributed by atoms with Crippen LogP contribution in [0.15, 0.2) is 41.9 Å². The molecular weight excluding hydrogens is 288 g/mol. The first kappa shape index (κ1) is 13.2. The van der Waals surface area contributed by atoms with Crippen molar-refractivity contribution in [3.8, 4) is 11.4 Å². The van der Waals surface area contributed by atoms with Crippen molar-refractivity contribution in [2.75, 3.05) is 0 Å². The molecule has 0 aliphatic heterocycles. The van der Waals surface area contributed by atoms with Gasteiger partial charge in [0, 0.05) is 17.1 Å².